The lowest BCUT2D eigenvalue weighted by atomic mass is 9.89. The molecule has 2 aromatic rings. The minimum absolute atomic E-state index is 0.0487. The molecule has 2 atom stereocenters. The molecule has 0 radical (unpaired) electrons. The summed E-state index contributed by atoms with van der Waals surface area (Å²) >= 11 is 5.97. The maximum atomic E-state index is 11.7. The molecule has 0 spiro atoms. The SMILES string of the molecule is CCCCn1ccc(C(Cc2ccc(Cl)cc2)C(CC(=O)NO)OC)n1. The summed E-state index contributed by atoms with van der Waals surface area (Å²) in [6.45, 7) is 3.00. The predicted octanol–water partition coefficient (Wildman–Crippen LogP) is 3.57. The Bertz CT molecular complexity index is 688. The Kier molecular flexibility index (Phi) is 8.09. The smallest absolute Gasteiger partial charge is 0.245 e. The summed E-state index contributed by atoms with van der Waals surface area (Å²) in [5.41, 5.74) is 3.63. The van der Waals surface area contributed by atoms with Crippen molar-refractivity contribution in [3.8, 4) is 0 Å². The number of hydrogen-bond acceptors (Lipinski definition) is 4. The van der Waals surface area contributed by atoms with Crippen LogP contribution in [0.3, 0.4) is 0 Å². The van der Waals surface area contributed by atoms with Gasteiger partial charge in [0.15, 0.2) is 0 Å². The quantitative estimate of drug-likeness (QED) is 0.488. The molecule has 0 aliphatic carbocycles. The molecule has 2 N–H and O–H groups in total. The lowest BCUT2D eigenvalue weighted by Gasteiger charge is -2.24. The van der Waals surface area contributed by atoms with Crippen molar-refractivity contribution in [2.45, 2.75) is 51.2 Å². The molecule has 1 heterocycles. The van der Waals surface area contributed by atoms with Crippen LogP contribution in [0.4, 0.5) is 0 Å². The zero-order chi connectivity index (χ0) is 18.9. The number of aryl methyl sites for hydroxylation is 1. The van der Waals surface area contributed by atoms with Gasteiger partial charge in [-0.2, -0.15) is 5.10 Å². The van der Waals surface area contributed by atoms with Gasteiger partial charge < -0.3 is 4.74 Å². The number of hydrogen-bond donors (Lipinski definition) is 2. The molecule has 6 nitrogen and oxygen atoms in total. The Morgan fingerprint density at radius 3 is 2.69 bits per heavy atom. The topological polar surface area (TPSA) is 76.4 Å². The lowest BCUT2D eigenvalue weighted by Crippen LogP contribution is -2.31. The zero-order valence-electron chi connectivity index (χ0n) is 15.2. The maximum absolute atomic E-state index is 11.7. The first-order valence-corrected chi connectivity index (χ1v) is 9.18. The van der Waals surface area contributed by atoms with E-state index in [0.29, 0.717) is 11.4 Å². The monoisotopic (exact) mass is 379 g/mol. The lowest BCUT2D eigenvalue weighted by molar-refractivity contribution is -0.132. The number of aromatic nitrogens is 2. The van der Waals surface area contributed by atoms with Crippen LogP contribution in [-0.2, 0) is 22.5 Å². The molecule has 142 valence electrons. The van der Waals surface area contributed by atoms with Crippen LogP contribution >= 0.6 is 11.6 Å². The van der Waals surface area contributed by atoms with Crippen molar-refractivity contribution in [1.29, 1.82) is 0 Å². The molecule has 1 aromatic heterocycles. The van der Waals surface area contributed by atoms with Gasteiger partial charge in [-0.15, -0.1) is 0 Å². The van der Waals surface area contributed by atoms with Crippen LogP contribution in [0.1, 0.15) is 43.4 Å². The second-order valence-corrected chi connectivity index (χ2v) is 6.74. The Labute approximate surface area is 159 Å². The molecule has 0 bridgehead atoms. The first-order valence-electron chi connectivity index (χ1n) is 8.80. The van der Waals surface area contributed by atoms with Crippen molar-refractivity contribution in [2.75, 3.05) is 7.11 Å². The normalized spacial score (nSPS) is 13.4. The van der Waals surface area contributed by atoms with Gasteiger partial charge in [0.05, 0.1) is 18.2 Å². The fourth-order valence-electron chi connectivity index (χ4n) is 2.94. The molecule has 1 amide bonds. The average Bonchev–Trinajstić information content (AvgIpc) is 3.12. The number of amides is 1. The van der Waals surface area contributed by atoms with Gasteiger partial charge in [0, 0.05) is 30.8 Å². The van der Waals surface area contributed by atoms with Gasteiger partial charge in [0.25, 0.3) is 0 Å². The third kappa shape index (κ3) is 5.83. The van der Waals surface area contributed by atoms with Gasteiger partial charge in [-0.05, 0) is 36.6 Å². The molecule has 0 aliphatic heterocycles. The Morgan fingerprint density at radius 2 is 2.08 bits per heavy atom. The highest BCUT2D eigenvalue weighted by atomic mass is 35.5. The molecular formula is C19H26ClN3O3. The summed E-state index contributed by atoms with van der Waals surface area (Å²) in [5.74, 6) is -0.607. The van der Waals surface area contributed by atoms with Crippen LogP contribution in [0.5, 0.6) is 0 Å². The summed E-state index contributed by atoms with van der Waals surface area (Å²) < 4.78 is 7.50. The van der Waals surface area contributed by atoms with E-state index in [0.717, 1.165) is 30.6 Å². The van der Waals surface area contributed by atoms with E-state index in [1.807, 2.05) is 41.2 Å². The second kappa shape index (κ2) is 10.3. The largest absolute Gasteiger partial charge is 0.380 e. The van der Waals surface area contributed by atoms with Crippen molar-refractivity contribution < 1.29 is 14.7 Å². The molecule has 0 aliphatic rings. The summed E-state index contributed by atoms with van der Waals surface area (Å²) in [6.07, 6.45) is 4.40. The van der Waals surface area contributed by atoms with Gasteiger partial charge in [0.2, 0.25) is 5.91 Å². The second-order valence-electron chi connectivity index (χ2n) is 6.31. The predicted molar refractivity (Wildman–Crippen MR) is 100 cm³/mol. The molecule has 2 rings (SSSR count). The summed E-state index contributed by atoms with van der Waals surface area (Å²) in [6, 6.07) is 9.58. The van der Waals surface area contributed by atoms with Gasteiger partial charge in [-0.1, -0.05) is 37.1 Å². The molecule has 0 saturated carbocycles. The first kappa shape index (κ1) is 20.4. The number of unbranched alkanes of at least 4 members (excludes halogenated alkanes) is 1. The fourth-order valence-corrected chi connectivity index (χ4v) is 3.06. The Hall–Kier alpha value is -1.89. The molecule has 26 heavy (non-hydrogen) atoms. The van der Waals surface area contributed by atoms with Crippen LogP contribution < -0.4 is 5.48 Å². The summed E-state index contributed by atoms with van der Waals surface area (Å²) in [5, 5.41) is 14.2. The number of halogens is 1. The first-order chi connectivity index (χ1) is 12.6. The summed E-state index contributed by atoms with van der Waals surface area (Å²) in [4.78, 5) is 11.7. The van der Waals surface area contributed by atoms with E-state index in [-0.39, 0.29) is 12.3 Å². The Morgan fingerprint density at radius 1 is 1.35 bits per heavy atom. The van der Waals surface area contributed by atoms with E-state index < -0.39 is 12.0 Å². The zero-order valence-corrected chi connectivity index (χ0v) is 15.9. The number of nitrogens with one attached hydrogen (secondary N) is 1. The minimum atomic E-state index is -0.483. The molecule has 7 heteroatoms. The van der Waals surface area contributed by atoms with E-state index in [1.54, 1.807) is 12.6 Å². The van der Waals surface area contributed by atoms with Crippen LogP contribution in [0.2, 0.25) is 5.02 Å². The maximum Gasteiger partial charge on any atom is 0.245 e. The van der Waals surface area contributed by atoms with Crippen molar-refractivity contribution >= 4 is 17.5 Å². The molecule has 1 aromatic carbocycles. The third-order valence-corrected chi connectivity index (χ3v) is 4.67. The van der Waals surface area contributed by atoms with Crippen LogP contribution in [0.15, 0.2) is 36.5 Å². The molecule has 2 unspecified atom stereocenters. The highest BCUT2D eigenvalue weighted by molar-refractivity contribution is 6.30. The van der Waals surface area contributed by atoms with E-state index in [9.17, 15) is 4.79 Å². The van der Waals surface area contributed by atoms with Gasteiger partial charge in [-0.3, -0.25) is 14.7 Å². The van der Waals surface area contributed by atoms with Gasteiger partial charge in [0.1, 0.15) is 0 Å². The number of ether oxygens (including phenoxy) is 1. The fraction of sp³-hybridized carbons (Fsp3) is 0.474. The third-order valence-electron chi connectivity index (χ3n) is 4.41. The van der Waals surface area contributed by atoms with Crippen LogP contribution in [0, 0.1) is 0 Å². The highest BCUT2D eigenvalue weighted by Gasteiger charge is 2.28. The number of benzene rings is 1. The van der Waals surface area contributed by atoms with Crippen LogP contribution in [0.25, 0.3) is 0 Å². The van der Waals surface area contributed by atoms with Crippen molar-refractivity contribution in [3.63, 3.8) is 0 Å². The number of methoxy groups -OCH3 is 1. The number of rotatable bonds is 10. The van der Waals surface area contributed by atoms with Gasteiger partial charge in [-0.25, -0.2) is 5.48 Å². The van der Waals surface area contributed by atoms with Crippen molar-refractivity contribution in [3.05, 3.63) is 52.8 Å². The highest BCUT2D eigenvalue weighted by Crippen LogP contribution is 2.28. The number of hydroxylamine groups is 1. The Balaban J connectivity index is 2.25. The van der Waals surface area contributed by atoms with E-state index >= 15 is 0 Å². The average molecular weight is 380 g/mol. The standard InChI is InChI=1S/C19H26ClN3O3/c1-3-4-10-23-11-9-17(21-23)16(18(26-2)13-19(24)22-25)12-14-5-7-15(20)8-6-14/h5-9,11,16,18,25H,3-4,10,12-13H2,1-2H3,(H,22,24). The van der Waals surface area contributed by atoms with Crippen LogP contribution in [-0.4, -0.2) is 34.1 Å². The van der Waals surface area contributed by atoms with Crippen molar-refractivity contribution in [2.24, 2.45) is 0 Å². The number of carbonyl (C=O) groups is 1. The van der Waals surface area contributed by atoms with Crippen molar-refractivity contribution in [1.82, 2.24) is 15.3 Å². The minimum Gasteiger partial charge on any atom is -0.380 e. The number of nitrogens with zero attached hydrogens (tertiary/aromatic N) is 2. The summed E-state index contributed by atoms with van der Waals surface area (Å²) in [7, 11) is 1.57. The molecular weight excluding hydrogens is 354 g/mol. The van der Waals surface area contributed by atoms with E-state index in [2.05, 4.69) is 12.0 Å². The van der Waals surface area contributed by atoms with Gasteiger partial charge >= 0.3 is 0 Å². The number of carbonyl (C=O) groups excluding carboxylic acids is 1. The van der Waals surface area contributed by atoms with E-state index in [4.69, 9.17) is 21.5 Å². The molecule has 0 saturated heterocycles. The molecule has 0 fully saturated rings. The van der Waals surface area contributed by atoms with E-state index in [1.165, 1.54) is 0 Å².